The molecule has 1 N–H and O–H groups in total. The number of rotatable bonds is 6. The molecule has 2 atom stereocenters. The van der Waals surface area contributed by atoms with Gasteiger partial charge in [0, 0.05) is 18.1 Å². The van der Waals surface area contributed by atoms with Crippen LogP contribution in [0.5, 0.6) is 5.75 Å². The smallest absolute Gasteiger partial charge is 0.303 e. The molecule has 0 aliphatic carbocycles. The van der Waals surface area contributed by atoms with Gasteiger partial charge in [-0.2, -0.15) is 4.99 Å². The molecule has 146 valence electrons. The number of fused-ring (bicyclic) bond motifs is 1. The van der Waals surface area contributed by atoms with Crippen LogP contribution in [0.15, 0.2) is 29.3 Å². The fraction of sp³-hybridized carbons (Fsp3) is 0.471. The van der Waals surface area contributed by atoms with Crippen LogP contribution in [0.4, 0.5) is 5.69 Å². The highest BCUT2D eigenvalue weighted by molar-refractivity contribution is 8.16. The van der Waals surface area contributed by atoms with Gasteiger partial charge in [-0.3, -0.25) is 9.59 Å². The molecule has 0 spiro atoms. The Morgan fingerprint density at radius 2 is 2.04 bits per heavy atom. The number of para-hydroxylation sites is 2. The van der Waals surface area contributed by atoms with Crippen LogP contribution in [-0.2, 0) is 19.4 Å². The van der Waals surface area contributed by atoms with E-state index in [0.717, 1.165) is 0 Å². The van der Waals surface area contributed by atoms with Crippen molar-refractivity contribution in [3.05, 3.63) is 24.3 Å². The number of sulfone groups is 1. The summed E-state index contributed by atoms with van der Waals surface area (Å²) in [6.07, 6.45) is 0.152. The second-order valence-electron chi connectivity index (χ2n) is 6.38. The second-order valence-corrected chi connectivity index (χ2v) is 9.74. The van der Waals surface area contributed by atoms with E-state index in [1.807, 2.05) is 12.1 Å². The third kappa shape index (κ3) is 4.44. The minimum absolute atomic E-state index is 0.00502. The summed E-state index contributed by atoms with van der Waals surface area (Å²) in [5.41, 5.74) is 0.661. The topological polar surface area (TPSA) is 113 Å². The first-order valence-electron chi connectivity index (χ1n) is 8.43. The quantitative estimate of drug-likeness (QED) is 0.749. The molecule has 0 aromatic heterocycles. The molecule has 1 aromatic carbocycles. The van der Waals surface area contributed by atoms with E-state index in [-0.39, 0.29) is 42.1 Å². The van der Waals surface area contributed by atoms with E-state index in [1.165, 1.54) is 18.9 Å². The molecule has 2 fully saturated rings. The average Bonchev–Trinajstić information content (AvgIpc) is 3.05. The molecule has 0 saturated carbocycles. The number of carbonyl (C=O) groups is 2. The Hall–Kier alpha value is -2.07. The predicted molar refractivity (Wildman–Crippen MR) is 103 cm³/mol. The maximum Gasteiger partial charge on any atom is 0.303 e. The highest BCUT2D eigenvalue weighted by Crippen LogP contribution is 2.43. The van der Waals surface area contributed by atoms with Crippen molar-refractivity contribution in [2.75, 3.05) is 23.5 Å². The SMILES string of the molecule is COc1ccccc1N1C(=NC(=O)CCCC(=O)O)S[C@@H]2CS(=O)(=O)C[C@@H]21. The third-order valence-corrected chi connectivity index (χ3v) is 7.62. The summed E-state index contributed by atoms with van der Waals surface area (Å²) in [5, 5.41) is 8.92. The summed E-state index contributed by atoms with van der Waals surface area (Å²) < 4.78 is 29.5. The molecule has 10 heteroatoms. The van der Waals surface area contributed by atoms with Crippen LogP contribution < -0.4 is 9.64 Å². The normalized spacial score (nSPS) is 24.8. The Labute approximate surface area is 161 Å². The molecule has 3 rings (SSSR count). The van der Waals surface area contributed by atoms with Crippen LogP contribution in [0.3, 0.4) is 0 Å². The van der Waals surface area contributed by atoms with Crippen molar-refractivity contribution in [3.63, 3.8) is 0 Å². The van der Waals surface area contributed by atoms with E-state index >= 15 is 0 Å². The van der Waals surface area contributed by atoms with Crippen molar-refractivity contribution in [2.45, 2.75) is 30.6 Å². The lowest BCUT2D eigenvalue weighted by Crippen LogP contribution is -2.38. The van der Waals surface area contributed by atoms with Gasteiger partial charge in [0.25, 0.3) is 0 Å². The second kappa shape index (κ2) is 7.89. The molecule has 0 radical (unpaired) electrons. The third-order valence-electron chi connectivity index (χ3n) is 4.41. The van der Waals surface area contributed by atoms with Crippen LogP contribution in [-0.4, -0.2) is 60.5 Å². The summed E-state index contributed by atoms with van der Waals surface area (Å²) >= 11 is 1.28. The van der Waals surface area contributed by atoms with Gasteiger partial charge in [0.15, 0.2) is 15.0 Å². The molecule has 2 aliphatic rings. The van der Waals surface area contributed by atoms with Crippen molar-refractivity contribution in [1.82, 2.24) is 0 Å². The summed E-state index contributed by atoms with van der Waals surface area (Å²) in [5.74, 6) is -0.772. The lowest BCUT2D eigenvalue weighted by Gasteiger charge is -2.26. The standard InChI is InChI=1S/C17H20N2O6S2/c1-25-13-6-3-2-5-11(13)19-12-9-27(23,24)10-14(12)26-17(19)18-15(20)7-4-8-16(21)22/h2-3,5-6,12,14H,4,7-10H2,1H3,(H,21,22)/t12-,14+/m0/s1. The zero-order valence-corrected chi connectivity index (χ0v) is 16.3. The number of hydrogen-bond acceptors (Lipinski definition) is 6. The lowest BCUT2D eigenvalue weighted by molar-refractivity contribution is -0.137. The van der Waals surface area contributed by atoms with Crippen LogP contribution in [0, 0.1) is 0 Å². The molecular weight excluding hydrogens is 392 g/mol. The Kier molecular flexibility index (Phi) is 5.75. The minimum atomic E-state index is -3.15. The molecule has 0 unspecified atom stereocenters. The number of ether oxygens (including phenoxy) is 1. The predicted octanol–water partition coefficient (Wildman–Crippen LogP) is 1.55. The zero-order valence-electron chi connectivity index (χ0n) is 14.7. The summed E-state index contributed by atoms with van der Waals surface area (Å²) in [7, 11) is -1.62. The number of carboxylic acids is 1. The van der Waals surface area contributed by atoms with Crippen LogP contribution >= 0.6 is 11.8 Å². The number of thioether (sulfide) groups is 1. The molecule has 1 aromatic rings. The van der Waals surface area contributed by atoms with Crippen molar-refractivity contribution in [1.29, 1.82) is 0 Å². The molecule has 2 saturated heterocycles. The number of anilines is 1. The van der Waals surface area contributed by atoms with E-state index in [1.54, 1.807) is 17.0 Å². The number of carboxylic acid groups (broad SMARTS) is 1. The molecule has 2 aliphatic heterocycles. The first-order valence-corrected chi connectivity index (χ1v) is 11.1. The van der Waals surface area contributed by atoms with Gasteiger partial charge in [-0.05, 0) is 18.6 Å². The van der Waals surface area contributed by atoms with Crippen LogP contribution in [0.1, 0.15) is 19.3 Å². The number of nitrogens with zero attached hydrogens (tertiary/aromatic N) is 2. The van der Waals surface area contributed by atoms with Gasteiger partial charge in [-0.25, -0.2) is 8.42 Å². The molecule has 8 nitrogen and oxygen atoms in total. The Bertz CT molecular complexity index is 883. The van der Waals surface area contributed by atoms with Crippen molar-refractivity contribution in [2.24, 2.45) is 4.99 Å². The molecular formula is C17H20N2O6S2. The summed E-state index contributed by atoms with van der Waals surface area (Å²) in [6, 6.07) is 6.87. The van der Waals surface area contributed by atoms with Crippen molar-refractivity contribution in [3.8, 4) is 5.75 Å². The highest BCUT2D eigenvalue weighted by Gasteiger charge is 2.49. The first kappa shape index (κ1) is 19.7. The van der Waals surface area contributed by atoms with Gasteiger partial charge < -0.3 is 14.7 Å². The zero-order chi connectivity index (χ0) is 19.6. The summed E-state index contributed by atoms with van der Waals surface area (Å²) in [6.45, 7) is 0. The maximum absolute atomic E-state index is 12.2. The maximum atomic E-state index is 12.2. The van der Waals surface area contributed by atoms with Crippen molar-refractivity contribution < 1.29 is 27.9 Å². The van der Waals surface area contributed by atoms with E-state index in [2.05, 4.69) is 4.99 Å². The number of amides is 1. The average molecular weight is 412 g/mol. The molecule has 1 amide bonds. The number of aliphatic carboxylic acids is 1. The molecule has 0 bridgehead atoms. The number of methoxy groups -OCH3 is 1. The first-order chi connectivity index (χ1) is 12.8. The van der Waals surface area contributed by atoms with Crippen molar-refractivity contribution >= 4 is 44.3 Å². The molecule has 27 heavy (non-hydrogen) atoms. The van der Waals surface area contributed by atoms with Crippen LogP contribution in [0.2, 0.25) is 0 Å². The fourth-order valence-corrected chi connectivity index (χ4v) is 7.15. The minimum Gasteiger partial charge on any atom is -0.495 e. The number of benzene rings is 1. The Morgan fingerprint density at radius 1 is 1.30 bits per heavy atom. The van der Waals surface area contributed by atoms with Gasteiger partial charge in [0.1, 0.15) is 5.75 Å². The largest absolute Gasteiger partial charge is 0.495 e. The van der Waals surface area contributed by atoms with Gasteiger partial charge in [0.05, 0.1) is 30.3 Å². The van der Waals surface area contributed by atoms with Gasteiger partial charge >= 0.3 is 5.97 Å². The number of carbonyl (C=O) groups excluding carboxylic acids is 1. The van der Waals surface area contributed by atoms with E-state index in [9.17, 15) is 18.0 Å². The Morgan fingerprint density at radius 3 is 2.74 bits per heavy atom. The number of hydrogen-bond donors (Lipinski definition) is 1. The fourth-order valence-electron chi connectivity index (χ4n) is 3.23. The summed E-state index contributed by atoms with van der Waals surface area (Å²) in [4.78, 5) is 28.7. The van der Waals surface area contributed by atoms with E-state index in [4.69, 9.17) is 9.84 Å². The van der Waals surface area contributed by atoms with Crippen LogP contribution in [0.25, 0.3) is 0 Å². The van der Waals surface area contributed by atoms with Gasteiger partial charge in [0.2, 0.25) is 5.91 Å². The van der Waals surface area contributed by atoms with E-state index in [0.29, 0.717) is 16.6 Å². The van der Waals surface area contributed by atoms with Gasteiger partial charge in [-0.15, -0.1) is 0 Å². The van der Waals surface area contributed by atoms with Gasteiger partial charge in [-0.1, -0.05) is 23.9 Å². The van der Waals surface area contributed by atoms with E-state index < -0.39 is 21.7 Å². The number of aliphatic imine (C=N–C) groups is 1. The number of amidine groups is 1. The monoisotopic (exact) mass is 412 g/mol. The Balaban J connectivity index is 1.90. The molecule has 2 heterocycles. The highest BCUT2D eigenvalue weighted by atomic mass is 32.2. The lowest BCUT2D eigenvalue weighted by atomic mass is 10.2.